The summed E-state index contributed by atoms with van der Waals surface area (Å²) < 4.78 is 5.54. The van der Waals surface area contributed by atoms with Gasteiger partial charge in [-0.15, -0.1) is 0 Å². The molecule has 2 heterocycles. The molecule has 1 aliphatic heterocycles. The summed E-state index contributed by atoms with van der Waals surface area (Å²) in [5, 5.41) is 2.98. The van der Waals surface area contributed by atoms with Crippen LogP contribution >= 0.6 is 0 Å². The number of rotatable bonds is 6. The highest BCUT2D eigenvalue weighted by Gasteiger charge is 2.23. The number of hydrogen-bond acceptors (Lipinski definition) is 4. The first-order valence-corrected chi connectivity index (χ1v) is 11.4. The molecular weight excluding hydrogens is 392 g/mol. The molecule has 2 aromatic rings. The van der Waals surface area contributed by atoms with Gasteiger partial charge >= 0.3 is 6.09 Å². The maximum atomic E-state index is 12.5. The van der Waals surface area contributed by atoms with Crippen LogP contribution in [0.1, 0.15) is 37.8 Å². The van der Waals surface area contributed by atoms with Crippen LogP contribution in [0.15, 0.2) is 42.6 Å². The Bertz CT molecular complexity index is 836. The number of carbonyl (C=O) groups excluding carboxylic acids is 2. The summed E-state index contributed by atoms with van der Waals surface area (Å²) >= 11 is 0. The van der Waals surface area contributed by atoms with Crippen LogP contribution in [0, 0.1) is 5.92 Å². The molecule has 1 saturated carbocycles. The summed E-state index contributed by atoms with van der Waals surface area (Å²) in [7, 11) is 0. The molecule has 1 aliphatic carbocycles. The molecule has 0 atom stereocenters. The van der Waals surface area contributed by atoms with Gasteiger partial charge in [0, 0.05) is 62.6 Å². The highest BCUT2D eigenvalue weighted by Crippen LogP contribution is 2.25. The molecule has 7 heteroatoms. The molecular formula is C24H32N4O3. The lowest BCUT2D eigenvalue weighted by atomic mass is 9.88. The fraction of sp³-hybridized carbons (Fsp3) is 0.500. The Balaban J connectivity index is 1.19. The van der Waals surface area contributed by atoms with Gasteiger partial charge in [-0.3, -0.25) is 9.69 Å². The minimum Gasteiger partial charge on any atom is -0.410 e. The van der Waals surface area contributed by atoms with Gasteiger partial charge < -0.3 is 19.9 Å². The molecule has 1 aromatic heterocycles. The highest BCUT2D eigenvalue weighted by atomic mass is 16.6. The molecule has 0 unspecified atom stereocenters. The number of nitrogens with zero attached hydrogens (tertiary/aromatic N) is 2. The minimum absolute atomic E-state index is 0.0959. The third kappa shape index (κ3) is 6.10. The van der Waals surface area contributed by atoms with Crippen molar-refractivity contribution in [1.29, 1.82) is 0 Å². The van der Waals surface area contributed by atoms with Crippen LogP contribution < -0.4 is 10.1 Å². The molecule has 1 aromatic carbocycles. The van der Waals surface area contributed by atoms with E-state index in [1.165, 1.54) is 12.1 Å². The maximum absolute atomic E-state index is 12.5. The van der Waals surface area contributed by atoms with Crippen molar-refractivity contribution in [2.45, 2.75) is 38.5 Å². The number of ether oxygens (including phenoxy) is 1. The molecule has 2 amide bonds. The van der Waals surface area contributed by atoms with Crippen molar-refractivity contribution in [2.24, 2.45) is 5.92 Å². The van der Waals surface area contributed by atoms with Crippen molar-refractivity contribution >= 4 is 17.7 Å². The van der Waals surface area contributed by atoms with Crippen molar-refractivity contribution in [1.82, 2.24) is 14.8 Å². The van der Waals surface area contributed by atoms with E-state index in [4.69, 9.17) is 4.74 Å². The maximum Gasteiger partial charge on any atom is 0.415 e. The molecule has 2 N–H and O–H groups in total. The Morgan fingerprint density at radius 3 is 2.42 bits per heavy atom. The first kappa shape index (κ1) is 21.4. The average molecular weight is 425 g/mol. The van der Waals surface area contributed by atoms with E-state index in [0.29, 0.717) is 18.8 Å². The number of piperazine rings is 1. The van der Waals surface area contributed by atoms with Crippen molar-refractivity contribution in [3.8, 4) is 5.75 Å². The fourth-order valence-corrected chi connectivity index (χ4v) is 4.34. The fourth-order valence-electron chi connectivity index (χ4n) is 4.34. The normalized spacial score (nSPS) is 18.0. The molecule has 0 radical (unpaired) electrons. The average Bonchev–Trinajstić information content (AvgIpc) is 3.33. The summed E-state index contributed by atoms with van der Waals surface area (Å²) in [4.78, 5) is 32.2. The van der Waals surface area contributed by atoms with Crippen molar-refractivity contribution in [3.05, 3.63) is 48.3 Å². The molecule has 2 aliphatic rings. The summed E-state index contributed by atoms with van der Waals surface area (Å²) in [5.74, 6) is 0.709. The first-order chi connectivity index (χ1) is 15.2. The number of aromatic nitrogens is 1. The SMILES string of the molecule is O=C(Nc1ccc(OC(=O)N2CCN(CCc3ccc[nH]3)CC2)cc1)C1CCCCC1. The van der Waals surface area contributed by atoms with Gasteiger partial charge in [-0.2, -0.15) is 0 Å². The van der Waals surface area contributed by atoms with Crippen molar-refractivity contribution in [3.63, 3.8) is 0 Å². The van der Waals surface area contributed by atoms with Crippen LogP contribution in [0.2, 0.25) is 0 Å². The molecule has 7 nitrogen and oxygen atoms in total. The second-order valence-corrected chi connectivity index (χ2v) is 8.49. The topological polar surface area (TPSA) is 77.7 Å². The Hall–Kier alpha value is -2.80. The zero-order valence-corrected chi connectivity index (χ0v) is 18.0. The molecule has 2 fully saturated rings. The molecule has 0 spiro atoms. The second-order valence-electron chi connectivity index (χ2n) is 8.49. The number of amides is 2. The van der Waals surface area contributed by atoms with E-state index in [2.05, 4.69) is 21.3 Å². The van der Waals surface area contributed by atoms with Gasteiger partial charge in [0.15, 0.2) is 0 Å². The Morgan fingerprint density at radius 2 is 1.74 bits per heavy atom. The van der Waals surface area contributed by atoms with Crippen LogP contribution in [-0.4, -0.2) is 59.5 Å². The predicted octanol–water partition coefficient (Wildman–Crippen LogP) is 3.89. The van der Waals surface area contributed by atoms with E-state index in [1.807, 2.05) is 12.3 Å². The Kier molecular flexibility index (Phi) is 7.25. The van der Waals surface area contributed by atoms with E-state index in [0.717, 1.165) is 57.4 Å². The predicted molar refractivity (Wildman–Crippen MR) is 120 cm³/mol. The third-order valence-electron chi connectivity index (χ3n) is 6.29. The number of carbonyl (C=O) groups is 2. The molecule has 4 rings (SSSR count). The van der Waals surface area contributed by atoms with E-state index >= 15 is 0 Å². The van der Waals surface area contributed by atoms with Crippen molar-refractivity contribution < 1.29 is 14.3 Å². The van der Waals surface area contributed by atoms with Crippen LogP contribution in [0.4, 0.5) is 10.5 Å². The summed E-state index contributed by atoms with van der Waals surface area (Å²) in [6, 6.07) is 11.2. The second kappa shape index (κ2) is 10.5. The number of benzene rings is 1. The molecule has 0 bridgehead atoms. The number of H-pyrrole nitrogens is 1. The van der Waals surface area contributed by atoms with Gasteiger partial charge in [-0.05, 0) is 49.2 Å². The molecule has 31 heavy (non-hydrogen) atoms. The molecule has 166 valence electrons. The van der Waals surface area contributed by atoms with Crippen LogP contribution in [0.3, 0.4) is 0 Å². The van der Waals surface area contributed by atoms with E-state index in [9.17, 15) is 9.59 Å². The number of nitrogens with one attached hydrogen (secondary N) is 2. The van der Waals surface area contributed by atoms with Gasteiger partial charge in [0.2, 0.25) is 5.91 Å². The minimum atomic E-state index is -0.317. The van der Waals surface area contributed by atoms with Crippen LogP contribution in [0.25, 0.3) is 0 Å². The monoisotopic (exact) mass is 424 g/mol. The zero-order valence-electron chi connectivity index (χ0n) is 18.0. The van der Waals surface area contributed by atoms with Gasteiger partial charge in [-0.1, -0.05) is 19.3 Å². The van der Waals surface area contributed by atoms with Crippen LogP contribution in [0.5, 0.6) is 5.75 Å². The summed E-state index contributed by atoms with van der Waals surface area (Å²) in [6.45, 7) is 4.01. The quantitative estimate of drug-likeness (QED) is 0.737. The Morgan fingerprint density at radius 1 is 1.00 bits per heavy atom. The lowest BCUT2D eigenvalue weighted by Crippen LogP contribution is -2.49. The lowest BCUT2D eigenvalue weighted by molar-refractivity contribution is -0.120. The Labute approximate surface area is 183 Å². The molecule has 1 saturated heterocycles. The number of aromatic amines is 1. The van der Waals surface area contributed by atoms with Gasteiger partial charge in [0.05, 0.1) is 0 Å². The van der Waals surface area contributed by atoms with E-state index < -0.39 is 0 Å². The largest absolute Gasteiger partial charge is 0.415 e. The van der Waals surface area contributed by atoms with Gasteiger partial charge in [0.1, 0.15) is 5.75 Å². The zero-order chi connectivity index (χ0) is 21.5. The smallest absolute Gasteiger partial charge is 0.410 e. The van der Waals surface area contributed by atoms with Crippen molar-refractivity contribution in [2.75, 3.05) is 38.0 Å². The first-order valence-electron chi connectivity index (χ1n) is 11.4. The summed E-state index contributed by atoms with van der Waals surface area (Å²) in [6.07, 6.45) is 8.06. The van der Waals surface area contributed by atoms with E-state index in [1.54, 1.807) is 29.2 Å². The number of hydrogen-bond donors (Lipinski definition) is 2. The van der Waals surface area contributed by atoms with Gasteiger partial charge in [0.25, 0.3) is 0 Å². The number of anilines is 1. The van der Waals surface area contributed by atoms with E-state index in [-0.39, 0.29) is 17.9 Å². The van der Waals surface area contributed by atoms with Gasteiger partial charge in [-0.25, -0.2) is 4.79 Å². The standard InChI is InChI=1S/C24H32N4O3/c29-23(19-5-2-1-3-6-19)26-21-8-10-22(11-9-21)31-24(30)28-17-15-27(16-18-28)14-12-20-7-4-13-25-20/h4,7-11,13,19,25H,1-3,5-6,12,14-18H2,(H,26,29). The summed E-state index contributed by atoms with van der Waals surface area (Å²) in [5.41, 5.74) is 1.98. The highest BCUT2D eigenvalue weighted by molar-refractivity contribution is 5.92. The third-order valence-corrected chi connectivity index (χ3v) is 6.29. The lowest BCUT2D eigenvalue weighted by Gasteiger charge is -2.33. The van der Waals surface area contributed by atoms with Crippen LogP contribution in [-0.2, 0) is 11.2 Å².